The maximum atomic E-state index is 14.0. The molecule has 7 nitrogen and oxygen atoms in total. The molecule has 0 saturated carbocycles. The highest BCUT2D eigenvalue weighted by atomic mass is 32.2. The Labute approximate surface area is 204 Å². The number of H-pyrrole nitrogens is 1. The van der Waals surface area contributed by atoms with Crippen molar-refractivity contribution in [1.29, 1.82) is 0 Å². The van der Waals surface area contributed by atoms with E-state index in [0.29, 0.717) is 33.7 Å². The van der Waals surface area contributed by atoms with Gasteiger partial charge in [0, 0.05) is 30.1 Å². The third kappa shape index (κ3) is 4.42. The Bertz CT molecular complexity index is 1570. The van der Waals surface area contributed by atoms with Crippen LogP contribution >= 0.6 is 0 Å². The first-order valence-corrected chi connectivity index (χ1v) is 12.7. The minimum atomic E-state index is -3.92. The first kappa shape index (κ1) is 23.1. The fourth-order valence-corrected chi connectivity index (χ4v) is 6.48. The lowest BCUT2D eigenvalue weighted by atomic mass is 10.1. The normalized spacial score (nSPS) is 13.0. The number of rotatable bonds is 6. The van der Waals surface area contributed by atoms with Crippen LogP contribution in [0.2, 0.25) is 0 Å². The monoisotopic (exact) mass is 490 g/mol. The lowest BCUT2D eigenvalue weighted by Crippen LogP contribution is -2.33. The van der Waals surface area contributed by atoms with Gasteiger partial charge in [0.15, 0.2) is 11.5 Å². The Kier molecular flexibility index (Phi) is 5.86. The minimum absolute atomic E-state index is 0.0797. The fourth-order valence-electron chi connectivity index (χ4n) is 4.66. The van der Waals surface area contributed by atoms with Gasteiger partial charge in [0.2, 0.25) is 16.8 Å². The zero-order valence-electron chi connectivity index (χ0n) is 19.8. The van der Waals surface area contributed by atoms with Gasteiger partial charge in [-0.05, 0) is 49.6 Å². The van der Waals surface area contributed by atoms with E-state index in [9.17, 15) is 13.2 Å². The molecule has 0 unspecified atom stereocenters. The standard InChI is InChI=1S/C27H26N2O5S/c1-17-9-18(2)26(19(3)10-17)35(31,32)29(14-20-7-5-4-6-8-20)15-22-11-21-12-24-25(34-16-33-24)13-23(21)28-27(22)30/h4-13H,14-16H2,1-3H3,(H,28,30). The van der Waals surface area contributed by atoms with Gasteiger partial charge in [0.1, 0.15) is 0 Å². The number of aromatic amines is 1. The van der Waals surface area contributed by atoms with E-state index in [-0.39, 0.29) is 30.3 Å². The number of sulfonamides is 1. The van der Waals surface area contributed by atoms with Gasteiger partial charge >= 0.3 is 0 Å². The van der Waals surface area contributed by atoms with E-state index in [2.05, 4.69) is 4.98 Å². The number of hydrogen-bond donors (Lipinski definition) is 1. The number of hydrogen-bond acceptors (Lipinski definition) is 5. The van der Waals surface area contributed by atoms with Crippen molar-refractivity contribution in [2.24, 2.45) is 0 Å². The Balaban J connectivity index is 1.60. The molecule has 0 atom stereocenters. The molecule has 1 aromatic heterocycles. The number of fused-ring (bicyclic) bond motifs is 2. The average molecular weight is 491 g/mol. The molecule has 3 aromatic carbocycles. The van der Waals surface area contributed by atoms with Crippen molar-refractivity contribution >= 4 is 20.9 Å². The number of nitrogens with zero attached hydrogens (tertiary/aromatic N) is 1. The predicted octanol–water partition coefficient (Wildman–Crippen LogP) is 4.57. The molecule has 1 aliphatic heterocycles. The lowest BCUT2D eigenvalue weighted by molar-refractivity contribution is 0.174. The van der Waals surface area contributed by atoms with Crippen molar-refractivity contribution < 1.29 is 17.9 Å². The average Bonchev–Trinajstić information content (AvgIpc) is 3.24. The number of nitrogens with one attached hydrogen (secondary N) is 1. The van der Waals surface area contributed by atoms with Crippen molar-refractivity contribution in [2.45, 2.75) is 38.8 Å². The third-order valence-electron chi connectivity index (χ3n) is 6.17. The lowest BCUT2D eigenvalue weighted by Gasteiger charge is -2.24. The van der Waals surface area contributed by atoms with Crippen molar-refractivity contribution in [3.05, 3.63) is 98.8 Å². The zero-order chi connectivity index (χ0) is 24.7. The van der Waals surface area contributed by atoms with Gasteiger partial charge in [-0.3, -0.25) is 4.79 Å². The fraction of sp³-hybridized carbons (Fsp3) is 0.222. The van der Waals surface area contributed by atoms with Crippen LogP contribution in [-0.2, 0) is 23.1 Å². The van der Waals surface area contributed by atoms with Crippen LogP contribution in [0.25, 0.3) is 10.9 Å². The topological polar surface area (TPSA) is 88.7 Å². The maximum absolute atomic E-state index is 14.0. The van der Waals surface area contributed by atoms with Gasteiger partial charge in [0.05, 0.1) is 10.4 Å². The largest absolute Gasteiger partial charge is 0.454 e. The van der Waals surface area contributed by atoms with Crippen LogP contribution in [0.1, 0.15) is 27.8 Å². The number of pyridine rings is 1. The third-order valence-corrected chi connectivity index (χ3v) is 8.26. The second kappa shape index (κ2) is 8.87. The van der Waals surface area contributed by atoms with Crippen LogP contribution in [0.5, 0.6) is 11.5 Å². The number of ether oxygens (including phenoxy) is 2. The summed E-state index contributed by atoms with van der Waals surface area (Å²) in [5.74, 6) is 1.16. The van der Waals surface area contributed by atoms with E-state index >= 15 is 0 Å². The second-order valence-electron chi connectivity index (χ2n) is 8.90. The molecule has 0 amide bonds. The van der Waals surface area contributed by atoms with Gasteiger partial charge in [-0.25, -0.2) is 8.42 Å². The van der Waals surface area contributed by atoms with E-state index in [1.807, 2.05) is 49.4 Å². The molecule has 0 saturated heterocycles. The van der Waals surface area contributed by atoms with E-state index in [1.54, 1.807) is 32.0 Å². The Morgan fingerprint density at radius 2 is 1.54 bits per heavy atom. The Hall–Kier alpha value is -3.62. The van der Waals surface area contributed by atoms with Gasteiger partial charge < -0.3 is 14.5 Å². The molecule has 0 spiro atoms. The van der Waals surface area contributed by atoms with Crippen LogP contribution in [0.15, 0.2) is 70.4 Å². The molecule has 2 heterocycles. The SMILES string of the molecule is Cc1cc(C)c(S(=O)(=O)N(Cc2ccccc2)Cc2cc3cc4c(cc3[nH]c2=O)OCO4)c(C)c1. The first-order chi connectivity index (χ1) is 16.7. The molecule has 4 aromatic rings. The van der Waals surface area contributed by atoms with Crippen LogP contribution in [0.4, 0.5) is 0 Å². The van der Waals surface area contributed by atoms with Crippen LogP contribution < -0.4 is 15.0 Å². The smallest absolute Gasteiger partial charge is 0.252 e. The quantitative estimate of drug-likeness (QED) is 0.428. The first-order valence-electron chi connectivity index (χ1n) is 11.3. The summed E-state index contributed by atoms with van der Waals surface area (Å²) in [5.41, 5.74) is 3.80. The summed E-state index contributed by atoms with van der Waals surface area (Å²) in [6.45, 7) is 5.73. The molecule has 0 radical (unpaired) electrons. The summed E-state index contributed by atoms with van der Waals surface area (Å²) in [6.07, 6.45) is 0. The summed E-state index contributed by atoms with van der Waals surface area (Å²) in [5, 5.41) is 0.739. The molecule has 1 N–H and O–H groups in total. The second-order valence-corrected chi connectivity index (χ2v) is 10.8. The highest BCUT2D eigenvalue weighted by molar-refractivity contribution is 7.89. The number of aromatic nitrogens is 1. The molecule has 1 aliphatic rings. The van der Waals surface area contributed by atoms with Crippen molar-refractivity contribution in [3.63, 3.8) is 0 Å². The van der Waals surface area contributed by atoms with Gasteiger partial charge in [0.25, 0.3) is 5.56 Å². The Morgan fingerprint density at radius 1 is 0.886 bits per heavy atom. The molecule has 0 aliphatic carbocycles. The molecular formula is C27H26N2O5S. The van der Waals surface area contributed by atoms with Crippen molar-refractivity contribution in [2.75, 3.05) is 6.79 Å². The van der Waals surface area contributed by atoms with Gasteiger partial charge in [-0.15, -0.1) is 0 Å². The molecule has 0 bridgehead atoms. The Morgan fingerprint density at radius 3 is 2.23 bits per heavy atom. The van der Waals surface area contributed by atoms with Gasteiger partial charge in [-0.1, -0.05) is 48.0 Å². The molecule has 35 heavy (non-hydrogen) atoms. The molecule has 0 fully saturated rings. The van der Waals surface area contributed by atoms with Crippen LogP contribution in [-0.4, -0.2) is 24.5 Å². The highest BCUT2D eigenvalue weighted by Crippen LogP contribution is 2.35. The maximum Gasteiger partial charge on any atom is 0.252 e. The van der Waals surface area contributed by atoms with Crippen molar-refractivity contribution in [1.82, 2.24) is 9.29 Å². The van der Waals surface area contributed by atoms with E-state index in [4.69, 9.17) is 9.47 Å². The van der Waals surface area contributed by atoms with Crippen molar-refractivity contribution in [3.8, 4) is 11.5 Å². The van der Waals surface area contributed by atoms with E-state index < -0.39 is 10.0 Å². The van der Waals surface area contributed by atoms with Crippen LogP contribution in [0, 0.1) is 20.8 Å². The molecule has 5 rings (SSSR count). The minimum Gasteiger partial charge on any atom is -0.454 e. The van der Waals surface area contributed by atoms with E-state index in [0.717, 1.165) is 16.5 Å². The predicted molar refractivity (Wildman–Crippen MR) is 134 cm³/mol. The summed E-state index contributed by atoms with van der Waals surface area (Å²) < 4.78 is 40.2. The number of aryl methyl sites for hydroxylation is 3. The summed E-state index contributed by atoms with van der Waals surface area (Å²) in [7, 11) is -3.92. The molecular weight excluding hydrogens is 464 g/mol. The highest BCUT2D eigenvalue weighted by Gasteiger charge is 2.29. The molecule has 180 valence electrons. The summed E-state index contributed by atoms with van der Waals surface area (Å²) >= 11 is 0. The summed E-state index contributed by atoms with van der Waals surface area (Å²) in [4.78, 5) is 16.2. The molecule has 8 heteroatoms. The number of benzene rings is 3. The zero-order valence-corrected chi connectivity index (χ0v) is 20.6. The van der Waals surface area contributed by atoms with E-state index in [1.165, 1.54) is 4.31 Å². The van der Waals surface area contributed by atoms with Gasteiger partial charge in [-0.2, -0.15) is 4.31 Å². The van der Waals surface area contributed by atoms with Crippen LogP contribution in [0.3, 0.4) is 0 Å². The summed E-state index contributed by atoms with van der Waals surface area (Å²) in [6, 6.07) is 18.3.